The van der Waals surface area contributed by atoms with Gasteiger partial charge < -0.3 is 9.84 Å². The first-order valence-electron chi connectivity index (χ1n) is 4.78. The molecule has 80 valence electrons. The Morgan fingerprint density at radius 3 is 2.57 bits per heavy atom. The van der Waals surface area contributed by atoms with Crippen LogP contribution in [-0.2, 0) is 11.3 Å². The van der Waals surface area contributed by atoms with Crippen LogP contribution in [0.5, 0.6) is 0 Å². The molecule has 4 nitrogen and oxygen atoms in total. The van der Waals surface area contributed by atoms with E-state index in [2.05, 4.69) is 5.10 Å². The summed E-state index contributed by atoms with van der Waals surface area (Å²) in [6.07, 6.45) is -0.453. The molecule has 1 atom stereocenters. The van der Waals surface area contributed by atoms with Crippen molar-refractivity contribution in [2.45, 2.75) is 33.4 Å². The lowest BCUT2D eigenvalue weighted by molar-refractivity contribution is 0.181. The molecule has 0 radical (unpaired) electrons. The molecule has 1 N–H and O–H groups in total. The molecular weight excluding hydrogens is 180 g/mol. The molecule has 0 aliphatic heterocycles. The zero-order valence-electron chi connectivity index (χ0n) is 9.24. The van der Waals surface area contributed by atoms with Crippen LogP contribution >= 0.6 is 0 Å². The zero-order valence-corrected chi connectivity index (χ0v) is 9.24. The number of rotatable bonds is 4. The second-order valence-corrected chi connectivity index (χ2v) is 3.48. The van der Waals surface area contributed by atoms with Gasteiger partial charge in [-0.3, -0.25) is 4.68 Å². The van der Waals surface area contributed by atoms with E-state index in [9.17, 15) is 5.11 Å². The molecule has 4 heteroatoms. The Bertz CT molecular complexity index is 305. The van der Waals surface area contributed by atoms with Crippen molar-refractivity contribution in [2.75, 3.05) is 13.7 Å². The van der Waals surface area contributed by atoms with Gasteiger partial charge in [0.15, 0.2) is 0 Å². The Morgan fingerprint density at radius 2 is 2.14 bits per heavy atom. The molecular formula is C10H18N2O2. The van der Waals surface area contributed by atoms with Crippen molar-refractivity contribution in [3.63, 3.8) is 0 Å². The van der Waals surface area contributed by atoms with Crippen molar-refractivity contribution in [1.29, 1.82) is 0 Å². The fourth-order valence-corrected chi connectivity index (χ4v) is 1.71. The molecule has 0 spiro atoms. The predicted molar refractivity (Wildman–Crippen MR) is 54.2 cm³/mol. The highest BCUT2D eigenvalue weighted by molar-refractivity contribution is 5.26. The van der Waals surface area contributed by atoms with Crippen molar-refractivity contribution in [3.8, 4) is 0 Å². The van der Waals surface area contributed by atoms with Gasteiger partial charge in [0.2, 0.25) is 0 Å². The zero-order chi connectivity index (χ0) is 10.7. The minimum absolute atomic E-state index is 0.453. The van der Waals surface area contributed by atoms with Gasteiger partial charge in [-0.25, -0.2) is 0 Å². The quantitative estimate of drug-likeness (QED) is 0.790. The highest BCUT2D eigenvalue weighted by atomic mass is 16.5. The number of nitrogens with zero attached hydrogens (tertiary/aromatic N) is 2. The fraction of sp³-hybridized carbons (Fsp3) is 0.700. The Labute approximate surface area is 84.5 Å². The van der Waals surface area contributed by atoms with Crippen molar-refractivity contribution in [1.82, 2.24) is 9.78 Å². The number of aliphatic hydroxyl groups is 1. The van der Waals surface area contributed by atoms with Gasteiger partial charge in [-0.05, 0) is 20.8 Å². The maximum Gasteiger partial charge on any atom is 0.0797 e. The molecule has 1 aromatic rings. The first kappa shape index (κ1) is 11.2. The second kappa shape index (κ2) is 4.57. The third-order valence-electron chi connectivity index (χ3n) is 2.36. The third-order valence-corrected chi connectivity index (χ3v) is 2.36. The lowest BCUT2D eigenvalue weighted by atomic mass is 10.1. The van der Waals surface area contributed by atoms with Gasteiger partial charge in [-0.1, -0.05) is 0 Å². The molecule has 0 aromatic carbocycles. The molecule has 0 amide bonds. The minimum Gasteiger partial charge on any atom is -0.389 e. The number of aryl methyl sites for hydroxylation is 1. The molecule has 0 bridgehead atoms. The molecule has 0 fully saturated rings. The molecule has 0 aliphatic carbocycles. The van der Waals surface area contributed by atoms with Crippen LogP contribution in [0.15, 0.2) is 0 Å². The summed E-state index contributed by atoms with van der Waals surface area (Å²) < 4.78 is 6.86. The lowest BCUT2D eigenvalue weighted by Gasteiger charge is -2.06. The number of aromatic nitrogens is 2. The van der Waals surface area contributed by atoms with E-state index in [0.717, 1.165) is 23.5 Å². The van der Waals surface area contributed by atoms with E-state index in [4.69, 9.17) is 4.74 Å². The summed E-state index contributed by atoms with van der Waals surface area (Å²) in [7, 11) is 1.67. The number of hydrogen-bond acceptors (Lipinski definition) is 3. The standard InChI is InChI=1S/C10H18N2O2/c1-7-10(9(3)13)8(2)12(11-7)5-6-14-4/h9,13H,5-6H2,1-4H3/t9-/m0/s1. The minimum atomic E-state index is -0.453. The Hall–Kier alpha value is -0.870. The smallest absolute Gasteiger partial charge is 0.0797 e. The van der Waals surface area contributed by atoms with Crippen LogP contribution in [0.3, 0.4) is 0 Å². The van der Waals surface area contributed by atoms with Crippen molar-refractivity contribution in [3.05, 3.63) is 17.0 Å². The lowest BCUT2D eigenvalue weighted by Crippen LogP contribution is -2.08. The van der Waals surface area contributed by atoms with Crippen LogP contribution in [0.4, 0.5) is 0 Å². The van der Waals surface area contributed by atoms with E-state index in [1.54, 1.807) is 14.0 Å². The summed E-state index contributed by atoms with van der Waals surface area (Å²) in [4.78, 5) is 0. The number of hydrogen-bond donors (Lipinski definition) is 1. The normalized spacial score (nSPS) is 13.2. The van der Waals surface area contributed by atoms with Crippen molar-refractivity contribution in [2.24, 2.45) is 0 Å². The van der Waals surface area contributed by atoms with Gasteiger partial charge in [0, 0.05) is 18.4 Å². The first-order chi connectivity index (χ1) is 6.57. The van der Waals surface area contributed by atoms with E-state index in [0.29, 0.717) is 6.61 Å². The largest absolute Gasteiger partial charge is 0.389 e. The Balaban J connectivity index is 2.92. The van der Waals surface area contributed by atoms with E-state index >= 15 is 0 Å². The summed E-state index contributed by atoms with van der Waals surface area (Å²) >= 11 is 0. The van der Waals surface area contributed by atoms with Crippen LogP contribution in [-0.4, -0.2) is 28.6 Å². The highest BCUT2D eigenvalue weighted by Gasteiger charge is 2.14. The van der Waals surface area contributed by atoms with Gasteiger partial charge in [0.25, 0.3) is 0 Å². The third kappa shape index (κ3) is 2.13. The van der Waals surface area contributed by atoms with Gasteiger partial charge in [0.05, 0.1) is 24.9 Å². The van der Waals surface area contributed by atoms with E-state index in [-0.39, 0.29) is 0 Å². The molecule has 0 saturated carbocycles. The molecule has 14 heavy (non-hydrogen) atoms. The van der Waals surface area contributed by atoms with Crippen molar-refractivity contribution >= 4 is 0 Å². The number of ether oxygens (including phenoxy) is 1. The van der Waals surface area contributed by atoms with Crippen LogP contribution < -0.4 is 0 Å². The number of methoxy groups -OCH3 is 1. The summed E-state index contributed by atoms with van der Waals surface area (Å²) in [5, 5.41) is 13.9. The second-order valence-electron chi connectivity index (χ2n) is 3.48. The average Bonchev–Trinajstić information content (AvgIpc) is 2.38. The fourth-order valence-electron chi connectivity index (χ4n) is 1.71. The summed E-state index contributed by atoms with van der Waals surface area (Å²) in [6, 6.07) is 0. The summed E-state index contributed by atoms with van der Waals surface area (Å²) in [5.74, 6) is 0. The Kier molecular flexibility index (Phi) is 3.66. The molecule has 0 saturated heterocycles. The predicted octanol–water partition coefficient (Wildman–Crippen LogP) is 1.20. The van der Waals surface area contributed by atoms with Gasteiger partial charge >= 0.3 is 0 Å². The SMILES string of the molecule is COCCn1nc(C)c([C@H](C)O)c1C. The van der Waals surface area contributed by atoms with Crippen LogP contribution in [0, 0.1) is 13.8 Å². The van der Waals surface area contributed by atoms with E-state index < -0.39 is 6.10 Å². The van der Waals surface area contributed by atoms with Gasteiger partial charge in [0.1, 0.15) is 0 Å². The molecule has 1 aromatic heterocycles. The first-order valence-corrected chi connectivity index (χ1v) is 4.78. The highest BCUT2D eigenvalue weighted by Crippen LogP contribution is 2.20. The van der Waals surface area contributed by atoms with Crippen LogP contribution in [0.1, 0.15) is 30.0 Å². The molecule has 0 aliphatic rings. The molecule has 1 rings (SSSR count). The molecule has 1 heterocycles. The monoisotopic (exact) mass is 198 g/mol. The maximum atomic E-state index is 9.54. The van der Waals surface area contributed by atoms with Crippen LogP contribution in [0.25, 0.3) is 0 Å². The van der Waals surface area contributed by atoms with Gasteiger partial charge in [-0.2, -0.15) is 5.10 Å². The van der Waals surface area contributed by atoms with Gasteiger partial charge in [-0.15, -0.1) is 0 Å². The molecule has 0 unspecified atom stereocenters. The summed E-state index contributed by atoms with van der Waals surface area (Å²) in [6.45, 7) is 7.02. The van der Waals surface area contributed by atoms with Crippen LogP contribution in [0.2, 0.25) is 0 Å². The van der Waals surface area contributed by atoms with E-state index in [1.807, 2.05) is 18.5 Å². The Morgan fingerprint density at radius 1 is 1.50 bits per heavy atom. The average molecular weight is 198 g/mol. The number of aliphatic hydroxyl groups excluding tert-OH is 1. The topological polar surface area (TPSA) is 47.3 Å². The van der Waals surface area contributed by atoms with Crippen molar-refractivity contribution < 1.29 is 9.84 Å². The summed E-state index contributed by atoms with van der Waals surface area (Å²) in [5.41, 5.74) is 2.85. The van der Waals surface area contributed by atoms with E-state index in [1.165, 1.54) is 0 Å². The maximum absolute atomic E-state index is 9.54.